The summed E-state index contributed by atoms with van der Waals surface area (Å²) in [5.74, 6) is 0. The van der Waals surface area contributed by atoms with E-state index >= 15 is 0 Å². The number of unbranched alkanes of at least 4 members (excludes halogenated alkanes) is 1. The zero-order valence-corrected chi connectivity index (χ0v) is 5.55. The van der Waals surface area contributed by atoms with Crippen LogP contribution in [-0.4, -0.2) is 70.3 Å². The van der Waals surface area contributed by atoms with Gasteiger partial charge in [-0.05, 0) is 19.4 Å². The van der Waals surface area contributed by atoms with Gasteiger partial charge in [-0.15, -0.1) is 0 Å². The molecule has 0 amide bonds. The third-order valence-corrected chi connectivity index (χ3v) is 1.17. The molecular weight excluding hydrogens is 155 g/mol. The van der Waals surface area contributed by atoms with E-state index in [-0.39, 0.29) is 57.4 Å². The molecule has 0 saturated carbocycles. The first-order chi connectivity index (χ1) is 4.31. The van der Waals surface area contributed by atoms with Crippen LogP contribution in [0.1, 0.15) is 19.3 Å². The van der Waals surface area contributed by atoms with E-state index in [0.29, 0.717) is 6.54 Å². The zero-order valence-electron chi connectivity index (χ0n) is 5.55. The number of hydrogen-bond acceptors (Lipinski definition) is 3. The van der Waals surface area contributed by atoms with Crippen LogP contribution in [0.25, 0.3) is 0 Å². The van der Waals surface area contributed by atoms with Gasteiger partial charge in [-0.1, -0.05) is 6.42 Å². The van der Waals surface area contributed by atoms with Gasteiger partial charge in [0.25, 0.3) is 0 Å². The molecule has 0 aromatic rings. The number of aldehydes is 1. The van der Waals surface area contributed by atoms with Crippen LogP contribution in [0.4, 0.5) is 0 Å². The first-order valence-corrected chi connectivity index (χ1v) is 3.22. The summed E-state index contributed by atoms with van der Waals surface area (Å²) in [6.07, 6.45) is 3.45. The predicted octanol–water partition coefficient (Wildman–Crippen LogP) is -1.01. The zero-order chi connectivity index (χ0) is 7.11. The molecule has 0 heterocycles. The van der Waals surface area contributed by atoms with E-state index in [4.69, 9.17) is 11.5 Å². The van der Waals surface area contributed by atoms with Gasteiger partial charge in [0.2, 0.25) is 0 Å². The van der Waals surface area contributed by atoms with Crippen LogP contribution in [0.15, 0.2) is 0 Å². The van der Waals surface area contributed by atoms with Crippen LogP contribution in [0.3, 0.4) is 0 Å². The van der Waals surface area contributed by atoms with Gasteiger partial charge in [-0.25, -0.2) is 0 Å². The Morgan fingerprint density at radius 1 is 1.40 bits per heavy atom. The van der Waals surface area contributed by atoms with Gasteiger partial charge < -0.3 is 16.3 Å². The third kappa shape index (κ3) is 9.23. The summed E-state index contributed by atoms with van der Waals surface area (Å²) >= 11 is 0. The van der Waals surface area contributed by atoms with Gasteiger partial charge in [-0.3, -0.25) is 0 Å². The average molecular weight is 170 g/mol. The fourth-order valence-electron chi connectivity index (χ4n) is 0.592. The van der Waals surface area contributed by atoms with E-state index < -0.39 is 0 Å². The molecule has 0 rings (SSSR count). The normalized spacial score (nSPS) is 11.8. The predicted molar refractivity (Wildman–Crippen MR) is 44.1 cm³/mol. The summed E-state index contributed by atoms with van der Waals surface area (Å²) in [6.45, 7) is 0.686. The first kappa shape index (κ1) is 13.8. The molecule has 0 unspecified atom stereocenters. The van der Waals surface area contributed by atoms with E-state index in [9.17, 15) is 4.79 Å². The third-order valence-electron chi connectivity index (χ3n) is 1.17. The molecular formula is C6H15KN2O. The summed E-state index contributed by atoms with van der Waals surface area (Å²) in [6, 6.07) is -0.281. The first-order valence-electron chi connectivity index (χ1n) is 3.22. The number of rotatable bonds is 5. The fourth-order valence-corrected chi connectivity index (χ4v) is 0.592. The number of carbonyl (C=O) groups is 1. The molecule has 56 valence electrons. The SMILES string of the molecule is NCCCC[C@H](N)C=O.[KH]. The van der Waals surface area contributed by atoms with Crippen LogP contribution in [0, 0.1) is 0 Å². The van der Waals surface area contributed by atoms with Crippen molar-refractivity contribution in [3.8, 4) is 0 Å². The molecule has 0 aliphatic rings. The van der Waals surface area contributed by atoms with E-state index in [1.807, 2.05) is 0 Å². The van der Waals surface area contributed by atoms with Gasteiger partial charge in [-0.2, -0.15) is 0 Å². The molecule has 0 radical (unpaired) electrons. The maximum atomic E-state index is 9.94. The Balaban J connectivity index is 0. The summed E-state index contributed by atoms with van der Waals surface area (Å²) in [5, 5.41) is 0. The Morgan fingerprint density at radius 3 is 2.40 bits per heavy atom. The minimum absolute atomic E-state index is 0. The van der Waals surface area contributed by atoms with Crippen molar-refractivity contribution in [3.63, 3.8) is 0 Å². The molecule has 10 heavy (non-hydrogen) atoms. The van der Waals surface area contributed by atoms with Crippen LogP contribution in [-0.2, 0) is 4.79 Å². The molecule has 0 aromatic heterocycles. The van der Waals surface area contributed by atoms with Gasteiger partial charge in [0.1, 0.15) is 6.29 Å². The topological polar surface area (TPSA) is 69.1 Å². The van der Waals surface area contributed by atoms with Crippen LogP contribution < -0.4 is 11.5 Å². The molecule has 3 nitrogen and oxygen atoms in total. The standard InChI is InChI=1S/C6H14N2O.K.H/c7-4-2-1-3-6(8)5-9;;/h5-6H,1-4,7-8H2;;/t6-;;/m0../s1. The summed E-state index contributed by atoms with van der Waals surface area (Å²) in [5.41, 5.74) is 10.5. The second-order valence-corrected chi connectivity index (χ2v) is 2.08. The second kappa shape index (κ2) is 10.2. The number of hydrogen-bond donors (Lipinski definition) is 2. The second-order valence-electron chi connectivity index (χ2n) is 2.08. The molecule has 4 heteroatoms. The molecule has 0 bridgehead atoms. The van der Waals surface area contributed by atoms with Gasteiger partial charge in [0.05, 0.1) is 6.04 Å². The van der Waals surface area contributed by atoms with Crippen molar-refractivity contribution in [2.45, 2.75) is 25.3 Å². The Morgan fingerprint density at radius 2 is 2.00 bits per heavy atom. The van der Waals surface area contributed by atoms with Crippen molar-refractivity contribution in [2.75, 3.05) is 6.54 Å². The average Bonchev–Trinajstić information content (AvgIpc) is 1.89. The Bertz CT molecular complexity index is 80.1. The Kier molecular flexibility index (Phi) is 14.1. The van der Waals surface area contributed by atoms with Crippen molar-refractivity contribution < 1.29 is 4.79 Å². The molecule has 0 aliphatic heterocycles. The van der Waals surface area contributed by atoms with E-state index in [1.165, 1.54) is 0 Å². The molecule has 1 atom stereocenters. The Labute approximate surface area is 104 Å². The number of carbonyl (C=O) groups excluding carboxylic acids is 1. The molecule has 0 saturated heterocycles. The number of nitrogens with two attached hydrogens (primary N) is 2. The van der Waals surface area contributed by atoms with Crippen molar-refractivity contribution in [3.05, 3.63) is 0 Å². The summed E-state index contributed by atoms with van der Waals surface area (Å²) in [7, 11) is 0. The molecule has 0 fully saturated rings. The monoisotopic (exact) mass is 170 g/mol. The van der Waals surface area contributed by atoms with E-state index in [1.54, 1.807) is 0 Å². The Hall–Kier alpha value is 1.23. The van der Waals surface area contributed by atoms with Gasteiger partial charge in [0.15, 0.2) is 0 Å². The van der Waals surface area contributed by atoms with Crippen molar-refractivity contribution >= 4 is 57.7 Å². The fraction of sp³-hybridized carbons (Fsp3) is 0.833. The van der Waals surface area contributed by atoms with Crippen LogP contribution in [0.2, 0.25) is 0 Å². The van der Waals surface area contributed by atoms with Crippen LogP contribution >= 0.6 is 0 Å². The van der Waals surface area contributed by atoms with Gasteiger partial charge >= 0.3 is 51.4 Å². The van der Waals surface area contributed by atoms with Crippen molar-refractivity contribution in [1.29, 1.82) is 0 Å². The van der Waals surface area contributed by atoms with Gasteiger partial charge in [0, 0.05) is 0 Å². The molecule has 0 spiro atoms. The van der Waals surface area contributed by atoms with E-state index in [0.717, 1.165) is 25.5 Å². The summed E-state index contributed by atoms with van der Waals surface area (Å²) < 4.78 is 0. The van der Waals surface area contributed by atoms with Crippen molar-refractivity contribution in [1.82, 2.24) is 0 Å². The quantitative estimate of drug-likeness (QED) is 0.316. The van der Waals surface area contributed by atoms with E-state index in [2.05, 4.69) is 0 Å². The molecule has 4 N–H and O–H groups in total. The van der Waals surface area contributed by atoms with Crippen molar-refractivity contribution in [2.24, 2.45) is 11.5 Å². The summed E-state index contributed by atoms with van der Waals surface area (Å²) in [4.78, 5) is 9.94. The van der Waals surface area contributed by atoms with Crippen LogP contribution in [0.5, 0.6) is 0 Å². The molecule has 0 aliphatic carbocycles. The minimum atomic E-state index is -0.281. The maximum absolute atomic E-state index is 9.94. The molecule has 0 aromatic carbocycles.